The maximum Gasteiger partial charge on any atom is 0.116 e. The predicted molar refractivity (Wildman–Crippen MR) is 57.4 cm³/mol. The average molecular weight is 191 g/mol. The van der Waals surface area contributed by atoms with Gasteiger partial charge in [0.1, 0.15) is 5.75 Å². The van der Waals surface area contributed by atoms with Crippen LogP contribution >= 0.6 is 0 Å². The van der Waals surface area contributed by atoms with E-state index >= 15 is 0 Å². The third-order valence-corrected chi connectivity index (χ3v) is 2.97. The molecule has 2 unspecified atom stereocenters. The van der Waals surface area contributed by atoms with E-state index in [-0.39, 0.29) is 0 Å². The van der Waals surface area contributed by atoms with E-state index in [0.717, 1.165) is 24.4 Å². The lowest BCUT2D eigenvalue weighted by Gasteiger charge is -2.03. The van der Waals surface area contributed by atoms with Crippen molar-refractivity contribution in [2.24, 2.45) is 11.7 Å². The maximum absolute atomic E-state index is 9.46. The van der Waals surface area contributed by atoms with E-state index in [2.05, 4.69) is 6.07 Å². The summed E-state index contributed by atoms with van der Waals surface area (Å²) in [6.45, 7) is 2.79. The monoisotopic (exact) mass is 191 g/mol. The lowest BCUT2D eigenvalue weighted by Crippen LogP contribution is -1.99. The molecular weight excluding hydrogens is 174 g/mol. The van der Waals surface area contributed by atoms with Crippen molar-refractivity contribution in [1.29, 1.82) is 0 Å². The lowest BCUT2D eigenvalue weighted by atomic mass is 10.0. The topological polar surface area (TPSA) is 46.2 Å². The summed E-state index contributed by atoms with van der Waals surface area (Å²) in [4.78, 5) is 0. The summed E-state index contributed by atoms with van der Waals surface area (Å²) in [5, 5.41) is 9.46. The van der Waals surface area contributed by atoms with Crippen LogP contribution in [-0.4, -0.2) is 11.7 Å². The van der Waals surface area contributed by atoms with Gasteiger partial charge in [0.05, 0.1) is 0 Å². The van der Waals surface area contributed by atoms with Crippen LogP contribution < -0.4 is 5.73 Å². The second-order valence-electron chi connectivity index (χ2n) is 4.28. The number of benzene rings is 1. The van der Waals surface area contributed by atoms with E-state index in [1.165, 1.54) is 12.0 Å². The van der Waals surface area contributed by atoms with Gasteiger partial charge in [-0.2, -0.15) is 0 Å². The zero-order valence-electron chi connectivity index (χ0n) is 8.53. The zero-order chi connectivity index (χ0) is 10.1. The Labute approximate surface area is 84.7 Å². The quantitative estimate of drug-likeness (QED) is 0.769. The number of rotatable bonds is 3. The Bertz CT molecular complexity index is 315. The van der Waals surface area contributed by atoms with Gasteiger partial charge in [-0.05, 0) is 61.4 Å². The Morgan fingerprint density at radius 3 is 2.86 bits per heavy atom. The molecule has 1 aliphatic carbocycles. The fraction of sp³-hybridized carbons (Fsp3) is 0.500. The largest absolute Gasteiger partial charge is 0.508 e. The van der Waals surface area contributed by atoms with Gasteiger partial charge in [-0.3, -0.25) is 0 Å². The first-order valence-electron chi connectivity index (χ1n) is 5.21. The molecule has 0 aromatic heterocycles. The van der Waals surface area contributed by atoms with Gasteiger partial charge in [-0.15, -0.1) is 0 Å². The standard InChI is InChI=1S/C12H17NO/c1-8-4-10(6-11(14)5-8)12-7-9(12)2-3-13/h4-6,9,12,14H,2-3,7,13H2,1H3. The average Bonchev–Trinajstić information content (AvgIpc) is 2.82. The summed E-state index contributed by atoms with van der Waals surface area (Å²) in [6.07, 6.45) is 2.35. The third kappa shape index (κ3) is 1.90. The minimum absolute atomic E-state index is 0.387. The van der Waals surface area contributed by atoms with Gasteiger partial charge in [0.2, 0.25) is 0 Å². The summed E-state index contributed by atoms with van der Waals surface area (Å²) < 4.78 is 0. The van der Waals surface area contributed by atoms with Crippen LogP contribution in [0.3, 0.4) is 0 Å². The number of phenolic OH excluding ortho intramolecular Hbond substituents is 1. The highest BCUT2D eigenvalue weighted by molar-refractivity contribution is 5.37. The molecular formula is C12H17NO. The van der Waals surface area contributed by atoms with Gasteiger partial charge in [-0.1, -0.05) is 6.07 Å². The second-order valence-corrected chi connectivity index (χ2v) is 4.28. The van der Waals surface area contributed by atoms with Crippen LogP contribution in [-0.2, 0) is 0 Å². The lowest BCUT2D eigenvalue weighted by molar-refractivity contribution is 0.474. The molecule has 2 nitrogen and oxygen atoms in total. The summed E-state index contributed by atoms with van der Waals surface area (Å²) in [5.41, 5.74) is 7.94. The molecule has 0 radical (unpaired) electrons. The number of hydrogen-bond acceptors (Lipinski definition) is 2. The highest BCUT2D eigenvalue weighted by atomic mass is 16.3. The fourth-order valence-electron chi connectivity index (χ4n) is 2.19. The molecule has 14 heavy (non-hydrogen) atoms. The molecule has 0 heterocycles. The van der Waals surface area contributed by atoms with Gasteiger partial charge in [0, 0.05) is 0 Å². The van der Waals surface area contributed by atoms with Gasteiger partial charge in [0.15, 0.2) is 0 Å². The van der Waals surface area contributed by atoms with Crippen molar-refractivity contribution in [2.75, 3.05) is 6.54 Å². The van der Waals surface area contributed by atoms with Crippen LogP contribution in [0.5, 0.6) is 5.75 Å². The Morgan fingerprint density at radius 1 is 1.43 bits per heavy atom. The third-order valence-electron chi connectivity index (χ3n) is 2.97. The predicted octanol–water partition coefficient (Wildman–Crippen LogP) is 2.15. The number of aryl methyl sites for hydroxylation is 1. The minimum Gasteiger partial charge on any atom is -0.508 e. The zero-order valence-corrected chi connectivity index (χ0v) is 8.53. The number of hydrogen-bond donors (Lipinski definition) is 2. The molecule has 3 N–H and O–H groups in total. The molecule has 1 aromatic carbocycles. The van der Waals surface area contributed by atoms with E-state index in [0.29, 0.717) is 11.7 Å². The Kier molecular flexibility index (Phi) is 2.46. The maximum atomic E-state index is 9.46. The number of aromatic hydroxyl groups is 1. The molecule has 0 bridgehead atoms. The van der Waals surface area contributed by atoms with Gasteiger partial charge < -0.3 is 10.8 Å². The molecule has 1 aliphatic rings. The number of phenols is 1. The first-order valence-corrected chi connectivity index (χ1v) is 5.21. The SMILES string of the molecule is Cc1cc(O)cc(C2CC2CCN)c1. The van der Waals surface area contributed by atoms with Crippen molar-refractivity contribution in [2.45, 2.75) is 25.7 Å². The fourth-order valence-corrected chi connectivity index (χ4v) is 2.19. The van der Waals surface area contributed by atoms with Crippen molar-refractivity contribution >= 4 is 0 Å². The highest BCUT2D eigenvalue weighted by Gasteiger charge is 2.37. The van der Waals surface area contributed by atoms with Gasteiger partial charge in [0.25, 0.3) is 0 Å². The van der Waals surface area contributed by atoms with Crippen molar-refractivity contribution in [3.05, 3.63) is 29.3 Å². The normalized spacial score (nSPS) is 25.0. The van der Waals surface area contributed by atoms with Crippen molar-refractivity contribution in [1.82, 2.24) is 0 Å². The second kappa shape index (κ2) is 3.62. The van der Waals surface area contributed by atoms with Crippen LogP contribution in [0.4, 0.5) is 0 Å². The smallest absolute Gasteiger partial charge is 0.116 e. The van der Waals surface area contributed by atoms with Crippen molar-refractivity contribution in [3.63, 3.8) is 0 Å². The summed E-state index contributed by atoms with van der Waals surface area (Å²) in [6, 6.07) is 5.85. The molecule has 1 fully saturated rings. The van der Waals surface area contributed by atoms with Crippen LogP contribution in [0, 0.1) is 12.8 Å². The van der Waals surface area contributed by atoms with Crippen molar-refractivity contribution in [3.8, 4) is 5.75 Å². The Balaban J connectivity index is 2.11. The molecule has 2 rings (SSSR count). The first-order chi connectivity index (χ1) is 6.70. The molecule has 0 spiro atoms. The minimum atomic E-state index is 0.387. The van der Waals surface area contributed by atoms with E-state index in [9.17, 15) is 5.11 Å². The Morgan fingerprint density at radius 2 is 2.21 bits per heavy atom. The molecule has 1 saturated carbocycles. The van der Waals surface area contributed by atoms with Crippen LogP contribution in [0.1, 0.15) is 29.9 Å². The molecule has 76 valence electrons. The summed E-state index contributed by atoms with van der Waals surface area (Å²) >= 11 is 0. The van der Waals surface area contributed by atoms with E-state index in [4.69, 9.17) is 5.73 Å². The van der Waals surface area contributed by atoms with E-state index in [1.807, 2.05) is 13.0 Å². The molecule has 0 amide bonds. The van der Waals surface area contributed by atoms with Crippen LogP contribution in [0.2, 0.25) is 0 Å². The molecule has 0 aliphatic heterocycles. The van der Waals surface area contributed by atoms with Crippen molar-refractivity contribution < 1.29 is 5.11 Å². The molecule has 2 heteroatoms. The first kappa shape index (κ1) is 9.53. The van der Waals surface area contributed by atoms with E-state index in [1.54, 1.807) is 6.07 Å². The van der Waals surface area contributed by atoms with Gasteiger partial charge >= 0.3 is 0 Å². The number of nitrogens with two attached hydrogens (primary N) is 1. The summed E-state index contributed by atoms with van der Waals surface area (Å²) in [7, 11) is 0. The molecule has 2 atom stereocenters. The molecule has 0 saturated heterocycles. The van der Waals surface area contributed by atoms with Gasteiger partial charge in [-0.25, -0.2) is 0 Å². The highest BCUT2D eigenvalue weighted by Crippen LogP contribution is 2.49. The van der Waals surface area contributed by atoms with Crippen LogP contribution in [0.15, 0.2) is 18.2 Å². The summed E-state index contributed by atoms with van der Waals surface area (Å²) in [5.74, 6) is 1.78. The van der Waals surface area contributed by atoms with Crippen LogP contribution in [0.25, 0.3) is 0 Å². The Hall–Kier alpha value is -1.02. The van der Waals surface area contributed by atoms with E-state index < -0.39 is 0 Å². The molecule has 1 aromatic rings.